The molecule has 0 aliphatic carbocycles. The van der Waals surface area contributed by atoms with Gasteiger partial charge in [-0.25, -0.2) is 4.68 Å². The van der Waals surface area contributed by atoms with Gasteiger partial charge in [-0.15, -0.1) is 0 Å². The summed E-state index contributed by atoms with van der Waals surface area (Å²) in [6.45, 7) is 10.5. The molecule has 168 valence electrons. The standard InChI is InChI=1S/C26H32N4O2/c1-6-25(32)29(17-20-10-8-7-9-11-20)18-24(31)27-23-16-22(26(3,4)5)28-30(23)21-14-12-19(2)13-15-21/h7-16H,6,17-18H2,1-5H3,(H,27,31). The van der Waals surface area contributed by atoms with Crippen molar-refractivity contribution in [2.75, 3.05) is 11.9 Å². The van der Waals surface area contributed by atoms with Crippen molar-refractivity contribution < 1.29 is 9.59 Å². The van der Waals surface area contributed by atoms with E-state index in [2.05, 4.69) is 26.1 Å². The SMILES string of the molecule is CCC(=O)N(CC(=O)Nc1cc(C(C)(C)C)nn1-c1ccc(C)cc1)Cc1ccccc1. The van der Waals surface area contributed by atoms with Gasteiger partial charge < -0.3 is 10.2 Å². The summed E-state index contributed by atoms with van der Waals surface area (Å²) in [5.74, 6) is 0.273. The number of hydrogen-bond donors (Lipinski definition) is 1. The minimum absolute atomic E-state index is 0.0223. The number of carbonyl (C=O) groups excluding carboxylic acids is 2. The Hall–Kier alpha value is -3.41. The van der Waals surface area contributed by atoms with Crippen LogP contribution in [0.4, 0.5) is 5.82 Å². The first-order valence-electron chi connectivity index (χ1n) is 11.0. The molecule has 0 unspecified atom stereocenters. The van der Waals surface area contributed by atoms with Crippen molar-refractivity contribution in [2.24, 2.45) is 0 Å². The van der Waals surface area contributed by atoms with Crippen molar-refractivity contribution in [1.82, 2.24) is 14.7 Å². The lowest BCUT2D eigenvalue weighted by Gasteiger charge is -2.22. The number of aromatic nitrogens is 2. The van der Waals surface area contributed by atoms with Crippen molar-refractivity contribution in [2.45, 2.75) is 53.0 Å². The Morgan fingerprint density at radius 2 is 1.69 bits per heavy atom. The number of hydrogen-bond acceptors (Lipinski definition) is 3. The van der Waals surface area contributed by atoms with Crippen molar-refractivity contribution in [3.8, 4) is 5.69 Å². The van der Waals surface area contributed by atoms with Gasteiger partial charge >= 0.3 is 0 Å². The van der Waals surface area contributed by atoms with E-state index in [1.807, 2.05) is 67.6 Å². The summed E-state index contributed by atoms with van der Waals surface area (Å²) in [6.07, 6.45) is 0.343. The Kier molecular flexibility index (Phi) is 7.13. The fourth-order valence-corrected chi connectivity index (χ4v) is 3.33. The Labute approximate surface area is 190 Å². The van der Waals surface area contributed by atoms with E-state index >= 15 is 0 Å². The monoisotopic (exact) mass is 432 g/mol. The molecule has 0 bridgehead atoms. The van der Waals surface area contributed by atoms with Crippen LogP contribution < -0.4 is 5.32 Å². The smallest absolute Gasteiger partial charge is 0.245 e. The van der Waals surface area contributed by atoms with Crippen LogP contribution in [0.1, 0.15) is 50.9 Å². The summed E-state index contributed by atoms with van der Waals surface area (Å²) >= 11 is 0. The highest BCUT2D eigenvalue weighted by Gasteiger charge is 2.23. The highest BCUT2D eigenvalue weighted by atomic mass is 16.2. The van der Waals surface area contributed by atoms with Crippen molar-refractivity contribution in [1.29, 1.82) is 0 Å². The molecular formula is C26H32N4O2. The van der Waals surface area contributed by atoms with E-state index in [9.17, 15) is 9.59 Å². The lowest BCUT2D eigenvalue weighted by atomic mass is 9.92. The molecule has 3 aromatic rings. The molecule has 0 aliphatic rings. The van der Waals surface area contributed by atoms with Gasteiger partial charge in [-0.2, -0.15) is 5.10 Å². The van der Waals surface area contributed by atoms with E-state index in [0.29, 0.717) is 18.8 Å². The molecule has 0 fully saturated rings. The predicted molar refractivity (Wildman–Crippen MR) is 128 cm³/mol. The third-order valence-electron chi connectivity index (χ3n) is 5.23. The summed E-state index contributed by atoms with van der Waals surface area (Å²) < 4.78 is 1.75. The summed E-state index contributed by atoms with van der Waals surface area (Å²) in [5.41, 5.74) is 3.71. The molecule has 2 aromatic carbocycles. The van der Waals surface area contributed by atoms with Crippen LogP contribution in [0, 0.1) is 6.92 Å². The third kappa shape index (κ3) is 5.84. The number of aryl methyl sites for hydroxylation is 1. The second kappa shape index (κ2) is 9.81. The normalized spacial score (nSPS) is 11.3. The van der Waals surface area contributed by atoms with Crippen LogP contribution >= 0.6 is 0 Å². The highest BCUT2D eigenvalue weighted by Crippen LogP contribution is 2.26. The molecule has 1 heterocycles. The molecule has 1 aromatic heterocycles. The number of rotatable bonds is 7. The molecule has 0 spiro atoms. The summed E-state index contributed by atoms with van der Waals surface area (Å²) in [4.78, 5) is 27.1. The lowest BCUT2D eigenvalue weighted by Crippen LogP contribution is -2.37. The Morgan fingerprint density at radius 3 is 2.28 bits per heavy atom. The molecule has 2 amide bonds. The maximum atomic E-state index is 13.0. The zero-order chi connectivity index (χ0) is 23.3. The van der Waals surface area contributed by atoms with E-state index in [4.69, 9.17) is 5.10 Å². The molecule has 0 saturated heterocycles. The molecular weight excluding hydrogens is 400 g/mol. The molecule has 0 saturated carbocycles. The van der Waals surface area contributed by atoms with Gasteiger partial charge in [0.1, 0.15) is 12.4 Å². The summed E-state index contributed by atoms with van der Waals surface area (Å²) in [7, 11) is 0. The largest absolute Gasteiger partial charge is 0.329 e. The van der Waals surface area contributed by atoms with Crippen LogP contribution in [0.15, 0.2) is 60.7 Å². The van der Waals surface area contributed by atoms with Crippen LogP contribution in [-0.2, 0) is 21.5 Å². The fraction of sp³-hybridized carbons (Fsp3) is 0.346. The lowest BCUT2D eigenvalue weighted by molar-refractivity contribution is -0.135. The second-order valence-corrected chi connectivity index (χ2v) is 9.05. The van der Waals surface area contributed by atoms with E-state index in [-0.39, 0.29) is 23.8 Å². The quantitative estimate of drug-likeness (QED) is 0.580. The van der Waals surface area contributed by atoms with Gasteiger partial charge in [0.15, 0.2) is 0 Å². The van der Waals surface area contributed by atoms with Crippen LogP contribution in [0.2, 0.25) is 0 Å². The first kappa shape index (κ1) is 23.3. The van der Waals surface area contributed by atoms with E-state index < -0.39 is 0 Å². The molecule has 1 N–H and O–H groups in total. The van der Waals surface area contributed by atoms with Crippen LogP contribution in [0.25, 0.3) is 5.69 Å². The maximum Gasteiger partial charge on any atom is 0.245 e. The average Bonchev–Trinajstić information content (AvgIpc) is 3.18. The van der Waals surface area contributed by atoms with Gasteiger partial charge in [0.05, 0.1) is 11.4 Å². The molecule has 6 heteroatoms. The molecule has 0 atom stereocenters. The van der Waals surface area contributed by atoms with E-state index in [1.165, 1.54) is 0 Å². The Bertz CT molecular complexity index is 1060. The zero-order valence-electron chi connectivity index (χ0n) is 19.6. The number of carbonyl (C=O) groups is 2. The van der Waals surface area contributed by atoms with Crippen molar-refractivity contribution in [3.05, 3.63) is 77.5 Å². The number of benzene rings is 2. The van der Waals surface area contributed by atoms with Crippen LogP contribution in [0.3, 0.4) is 0 Å². The van der Waals surface area contributed by atoms with Gasteiger partial charge in [-0.3, -0.25) is 9.59 Å². The number of amides is 2. The number of nitrogens with one attached hydrogen (secondary N) is 1. The van der Waals surface area contributed by atoms with Gasteiger partial charge in [-0.05, 0) is 24.6 Å². The summed E-state index contributed by atoms with van der Waals surface area (Å²) in [6, 6.07) is 19.6. The topological polar surface area (TPSA) is 67.2 Å². The van der Waals surface area contributed by atoms with Gasteiger partial charge in [0, 0.05) is 24.4 Å². The minimum atomic E-state index is -0.253. The highest BCUT2D eigenvalue weighted by molar-refractivity contribution is 5.94. The predicted octanol–water partition coefficient (Wildman–Crippen LogP) is 4.86. The Balaban J connectivity index is 1.84. The first-order chi connectivity index (χ1) is 15.2. The zero-order valence-corrected chi connectivity index (χ0v) is 19.6. The Morgan fingerprint density at radius 1 is 1.03 bits per heavy atom. The van der Waals surface area contributed by atoms with E-state index in [1.54, 1.807) is 16.5 Å². The van der Waals surface area contributed by atoms with Gasteiger partial charge in [0.25, 0.3) is 0 Å². The first-order valence-corrected chi connectivity index (χ1v) is 11.0. The van der Waals surface area contributed by atoms with Gasteiger partial charge in [-0.1, -0.05) is 75.7 Å². The minimum Gasteiger partial charge on any atom is -0.329 e. The molecule has 0 aliphatic heterocycles. The van der Waals surface area contributed by atoms with Gasteiger partial charge in [0.2, 0.25) is 11.8 Å². The van der Waals surface area contributed by atoms with Crippen molar-refractivity contribution >= 4 is 17.6 Å². The second-order valence-electron chi connectivity index (χ2n) is 9.05. The van der Waals surface area contributed by atoms with Crippen LogP contribution in [0.5, 0.6) is 0 Å². The fourth-order valence-electron chi connectivity index (χ4n) is 3.33. The third-order valence-corrected chi connectivity index (χ3v) is 5.23. The van der Waals surface area contributed by atoms with Crippen LogP contribution in [-0.4, -0.2) is 33.0 Å². The number of anilines is 1. The molecule has 0 radical (unpaired) electrons. The molecule has 32 heavy (non-hydrogen) atoms. The maximum absolute atomic E-state index is 13.0. The van der Waals surface area contributed by atoms with Crippen molar-refractivity contribution in [3.63, 3.8) is 0 Å². The molecule has 6 nitrogen and oxygen atoms in total. The van der Waals surface area contributed by atoms with E-state index in [0.717, 1.165) is 22.5 Å². The summed E-state index contributed by atoms with van der Waals surface area (Å²) in [5, 5.41) is 7.73. The number of nitrogens with zero attached hydrogens (tertiary/aromatic N) is 3. The molecule has 3 rings (SSSR count). The average molecular weight is 433 g/mol.